The first kappa shape index (κ1) is 19.0. The molecule has 0 aromatic carbocycles. The fourth-order valence-corrected chi connectivity index (χ4v) is 1.82. The summed E-state index contributed by atoms with van der Waals surface area (Å²) in [5, 5.41) is 29.8. The summed E-state index contributed by atoms with van der Waals surface area (Å²) in [6.45, 7) is -0.769. The maximum atomic E-state index is 11.9. The third-order valence-electron chi connectivity index (χ3n) is 3.26. The molecule has 10 heteroatoms. The zero-order valence-corrected chi connectivity index (χ0v) is 12.9. The lowest BCUT2D eigenvalue weighted by molar-refractivity contribution is -0.134. The van der Waals surface area contributed by atoms with Gasteiger partial charge in [-0.1, -0.05) is 0 Å². The van der Waals surface area contributed by atoms with E-state index in [-0.39, 0.29) is 18.7 Å². The lowest BCUT2D eigenvalue weighted by atomic mass is 10.2. The fourth-order valence-electron chi connectivity index (χ4n) is 1.82. The SMILES string of the molecule is CN1C(=O)C(=CNCCOC(CO)[C@@H](O)CO)C(=O)N(C)C1=O. The van der Waals surface area contributed by atoms with Crippen LogP contribution in [-0.2, 0) is 14.3 Å². The van der Waals surface area contributed by atoms with Crippen molar-refractivity contribution in [3.8, 4) is 0 Å². The average Bonchev–Trinajstić information content (AvgIpc) is 2.56. The second-order valence-corrected chi connectivity index (χ2v) is 4.86. The standard InChI is InChI=1S/C13H21N3O7/c1-15-11(20)8(12(21)16(2)13(15)22)5-14-3-4-23-10(7-18)9(19)6-17/h5,9-10,14,17-19H,3-4,6-7H2,1-2H3/t9-,10?/m0/s1. The van der Waals surface area contributed by atoms with Crippen LogP contribution >= 0.6 is 0 Å². The highest BCUT2D eigenvalue weighted by Gasteiger charge is 2.37. The first-order valence-electron chi connectivity index (χ1n) is 6.90. The van der Waals surface area contributed by atoms with E-state index in [0.717, 1.165) is 9.80 Å². The number of aliphatic hydroxyl groups is 3. The normalized spacial score (nSPS) is 18.3. The molecular weight excluding hydrogens is 310 g/mol. The van der Waals surface area contributed by atoms with E-state index >= 15 is 0 Å². The Labute approximate surface area is 132 Å². The summed E-state index contributed by atoms with van der Waals surface area (Å²) < 4.78 is 5.15. The second kappa shape index (κ2) is 8.58. The van der Waals surface area contributed by atoms with Gasteiger partial charge in [0.15, 0.2) is 0 Å². The van der Waals surface area contributed by atoms with Crippen LogP contribution in [0.2, 0.25) is 0 Å². The first-order valence-corrected chi connectivity index (χ1v) is 6.90. The minimum Gasteiger partial charge on any atom is -0.394 e. The Bertz CT molecular complexity index is 468. The maximum absolute atomic E-state index is 11.9. The van der Waals surface area contributed by atoms with Gasteiger partial charge < -0.3 is 25.4 Å². The summed E-state index contributed by atoms with van der Waals surface area (Å²) in [6, 6.07) is -0.704. The Morgan fingerprint density at radius 2 is 1.70 bits per heavy atom. The van der Waals surface area contributed by atoms with E-state index in [1.165, 1.54) is 20.3 Å². The highest BCUT2D eigenvalue weighted by atomic mass is 16.5. The molecule has 1 rings (SSSR count). The molecule has 2 atom stereocenters. The van der Waals surface area contributed by atoms with Crippen LogP contribution in [0.25, 0.3) is 0 Å². The molecule has 0 radical (unpaired) electrons. The number of imide groups is 2. The number of aliphatic hydroxyl groups excluding tert-OH is 3. The fraction of sp³-hybridized carbons (Fsp3) is 0.615. The Kier molecular flexibility index (Phi) is 7.10. The van der Waals surface area contributed by atoms with E-state index < -0.39 is 43.3 Å². The summed E-state index contributed by atoms with van der Waals surface area (Å²) >= 11 is 0. The van der Waals surface area contributed by atoms with E-state index in [1.807, 2.05) is 0 Å². The topological polar surface area (TPSA) is 140 Å². The predicted octanol–water partition coefficient (Wildman–Crippen LogP) is -2.76. The van der Waals surface area contributed by atoms with Crippen molar-refractivity contribution in [1.29, 1.82) is 0 Å². The van der Waals surface area contributed by atoms with Gasteiger partial charge >= 0.3 is 6.03 Å². The smallest absolute Gasteiger partial charge is 0.333 e. The molecule has 0 spiro atoms. The van der Waals surface area contributed by atoms with Gasteiger partial charge in [0.05, 0.1) is 19.8 Å². The van der Waals surface area contributed by atoms with Gasteiger partial charge in [0, 0.05) is 26.8 Å². The number of hydrogen-bond acceptors (Lipinski definition) is 8. The lowest BCUT2D eigenvalue weighted by Crippen LogP contribution is -2.53. The number of nitrogens with zero attached hydrogens (tertiary/aromatic N) is 2. The van der Waals surface area contributed by atoms with E-state index in [1.54, 1.807) is 0 Å². The Morgan fingerprint density at radius 3 is 2.17 bits per heavy atom. The molecule has 1 aliphatic rings. The number of ether oxygens (including phenoxy) is 1. The van der Waals surface area contributed by atoms with Gasteiger partial charge in [-0.3, -0.25) is 19.4 Å². The zero-order valence-electron chi connectivity index (χ0n) is 12.9. The van der Waals surface area contributed by atoms with Gasteiger partial charge in [0.2, 0.25) is 0 Å². The van der Waals surface area contributed by atoms with Crippen molar-refractivity contribution in [2.75, 3.05) is 40.5 Å². The molecule has 1 fully saturated rings. The van der Waals surface area contributed by atoms with Crippen LogP contribution in [0.3, 0.4) is 0 Å². The van der Waals surface area contributed by atoms with Crippen molar-refractivity contribution in [1.82, 2.24) is 15.1 Å². The molecule has 0 bridgehead atoms. The molecule has 1 saturated heterocycles. The summed E-state index contributed by atoms with van der Waals surface area (Å²) in [6.07, 6.45) is -0.945. The van der Waals surface area contributed by atoms with Crippen LogP contribution in [0.4, 0.5) is 4.79 Å². The van der Waals surface area contributed by atoms with Gasteiger partial charge in [-0.05, 0) is 0 Å². The van der Waals surface area contributed by atoms with Crippen LogP contribution in [0.15, 0.2) is 11.8 Å². The zero-order chi connectivity index (χ0) is 17.6. The molecule has 1 aliphatic heterocycles. The number of barbiturate groups is 1. The van der Waals surface area contributed by atoms with Gasteiger partial charge in [0.25, 0.3) is 11.8 Å². The monoisotopic (exact) mass is 331 g/mol. The van der Waals surface area contributed by atoms with Gasteiger partial charge in [0.1, 0.15) is 17.8 Å². The summed E-state index contributed by atoms with van der Waals surface area (Å²) in [5.41, 5.74) is -0.191. The average molecular weight is 331 g/mol. The summed E-state index contributed by atoms with van der Waals surface area (Å²) in [4.78, 5) is 36.9. The van der Waals surface area contributed by atoms with Crippen LogP contribution < -0.4 is 5.32 Å². The second-order valence-electron chi connectivity index (χ2n) is 4.86. The van der Waals surface area contributed by atoms with E-state index in [4.69, 9.17) is 14.9 Å². The molecule has 1 unspecified atom stereocenters. The third-order valence-corrected chi connectivity index (χ3v) is 3.26. The summed E-state index contributed by atoms with van der Waals surface area (Å²) in [5.74, 6) is -1.43. The van der Waals surface area contributed by atoms with E-state index in [0.29, 0.717) is 0 Å². The minimum atomic E-state index is -1.20. The van der Waals surface area contributed by atoms with Crippen molar-refractivity contribution < 1.29 is 34.4 Å². The molecule has 1 heterocycles. The Hall–Kier alpha value is -2.01. The van der Waals surface area contributed by atoms with Crippen LogP contribution in [0, 0.1) is 0 Å². The molecular formula is C13H21N3O7. The van der Waals surface area contributed by atoms with Crippen molar-refractivity contribution >= 4 is 17.8 Å². The quantitative estimate of drug-likeness (QED) is 0.213. The molecule has 0 aliphatic carbocycles. The molecule has 0 aromatic rings. The van der Waals surface area contributed by atoms with Crippen molar-refractivity contribution in [3.63, 3.8) is 0 Å². The Balaban J connectivity index is 2.52. The van der Waals surface area contributed by atoms with Crippen molar-refractivity contribution in [2.24, 2.45) is 0 Å². The molecule has 23 heavy (non-hydrogen) atoms. The van der Waals surface area contributed by atoms with E-state index in [2.05, 4.69) is 5.32 Å². The van der Waals surface area contributed by atoms with Gasteiger partial charge in [-0.2, -0.15) is 0 Å². The number of hydrogen-bond donors (Lipinski definition) is 4. The summed E-state index contributed by atoms with van der Waals surface area (Å²) in [7, 11) is 2.54. The molecule has 10 nitrogen and oxygen atoms in total. The molecule has 0 aromatic heterocycles. The van der Waals surface area contributed by atoms with Crippen LogP contribution in [-0.4, -0.2) is 95.6 Å². The largest absolute Gasteiger partial charge is 0.394 e. The molecule has 4 N–H and O–H groups in total. The number of urea groups is 1. The van der Waals surface area contributed by atoms with Crippen LogP contribution in [0.1, 0.15) is 0 Å². The highest BCUT2D eigenvalue weighted by Crippen LogP contribution is 2.13. The number of nitrogens with one attached hydrogen (secondary N) is 1. The number of amides is 4. The van der Waals surface area contributed by atoms with Gasteiger partial charge in [-0.25, -0.2) is 4.79 Å². The molecule has 4 amide bonds. The third kappa shape index (κ3) is 4.48. The van der Waals surface area contributed by atoms with Crippen molar-refractivity contribution in [3.05, 3.63) is 11.8 Å². The molecule has 0 saturated carbocycles. The maximum Gasteiger partial charge on any atom is 0.333 e. The van der Waals surface area contributed by atoms with Crippen LogP contribution in [0.5, 0.6) is 0 Å². The van der Waals surface area contributed by atoms with Crippen molar-refractivity contribution in [2.45, 2.75) is 12.2 Å². The Morgan fingerprint density at radius 1 is 1.13 bits per heavy atom. The van der Waals surface area contributed by atoms with E-state index in [9.17, 15) is 19.5 Å². The minimum absolute atomic E-state index is 0.0546. The molecule has 130 valence electrons. The van der Waals surface area contributed by atoms with Gasteiger partial charge in [-0.15, -0.1) is 0 Å². The number of rotatable bonds is 8. The lowest BCUT2D eigenvalue weighted by Gasteiger charge is -2.28. The number of carbonyl (C=O) groups excluding carboxylic acids is 3. The number of likely N-dealkylation sites (N-methyl/N-ethyl adjacent to an activating group) is 2. The number of carbonyl (C=O) groups is 3. The predicted molar refractivity (Wildman–Crippen MR) is 76.9 cm³/mol. The first-order chi connectivity index (χ1) is 10.8. The highest BCUT2D eigenvalue weighted by molar-refractivity contribution is 6.28.